The largest absolute Gasteiger partial charge is 0.384 e. The van der Waals surface area contributed by atoms with Crippen molar-refractivity contribution in [2.75, 3.05) is 33.9 Å². The maximum absolute atomic E-state index is 11.6. The zero-order valence-corrected chi connectivity index (χ0v) is 10.3. The van der Waals surface area contributed by atoms with Crippen molar-refractivity contribution in [3.8, 4) is 0 Å². The fourth-order valence-electron chi connectivity index (χ4n) is 1.73. The Hall–Kier alpha value is -0.320. The Labute approximate surface area is 97.8 Å². The molecule has 0 saturated carbocycles. The molecule has 1 rings (SSSR count). The minimum absolute atomic E-state index is 0. The summed E-state index contributed by atoms with van der Waals surface area (Å²) in [6, 6.07) is 0.369. The normalized spacial score (nSPS) is 20.5. The van der Waals surface area contributed by atoms with E-state index in [1.54, 1.807) is 7.11 Å². The van der Waals surface area contributed by atoms with Crippen LogP contribution in [-0.4, -0.2) is 50.7 Å². The van der Waals surface area contributed by atoms with Gasteiger partial charge in [-0.1, -0.05) is 0 Å². The van der Waals surface area contributed by atoms with Crippen LogP contribution in [0, 0.1) is 0 Å². The highest BCUT2D eigenvalue weighted by molar-refractivity contribution is 5.85. The van der Waals surface area contributed by atoms with Crippen LogP contribution in [0.3, 0.4) is 0 Å². The van der Waals surface area contributed by atoms with Gasteiger partial charge in [-0.2, -0.15) is 0 Å². The quantitative estimate of drug-likeness (QED) is 0.780. The number of likely N-dealkylation sites (N-methyl/N-ethyl adjacent to an activating group) is 1. The third-order valence-electron chi connectivity index (χ3n) is 2.73. The lowest BCUT2D eigenvalue weighted by molar-refractivity contribution is -0.133. The number of carbonyl (C=O) groups is 1. The van der Waals surface area contributed by atoms with Gasteiger partial charge in [0.15, 0.2) is 0 Å². The fourth-order valence-corrected chi connectivity index (χ4v) is 1.73. The Morgan fingerprint density at radius 2 is 2.33 bits per heavy atom. The summed E-state index contributed by atoms with van der Waals surface area (Å²) in [5.74, 6) is 0.181. The third kappa shape index (κ3) is 4.82. The van der Waals surface area contributed by atoms with Gasteiger partial charge in [0.2, 0.25) is 5.91 Å². The predicted octanol–water partition coefficient (Wildman–Crippen LogP) is 0.655. The number of rotatable bonds is 4. The van der Waals surface area contributed by atoms with E-state index in [-0.39, 0.29) is 18.3 Å². The van der Waals surface area contributed by atoms with Gasteiger partial charge in [0, 0.05) is 26.7 Å². The number of ether oxygens (including phenoxy) is 1. The first-order valence-corrected chi connectivity index (χ1v) is 5.21. The molecule has 1 aliphatic rings. The first-order chi connectivity index (χ1) is 6.75. The number of halogens is 1. The van der Waals surface area contributed by atoms with E-state index in [2.05, 4.69) is 5.32 Å². The SMILES string of the molecule is COCCC(=O)N(C)[C@H]1CCCNC1.Cl. The van der Waals surface area contributed by atoms with Crippen LogP contribution in [0.5, 0.6) is 0 Å². The van der Waals surface area contributed by atoms with E-state index >= 15 is 0 Å². The molecule has 15 heavy (non-hydrogen) atoms. The topological polar surface area (TPSA) is 41.6 Å². The molecule has 1 N–H and O–H groups in total. The van der Waals surface area contributed by atoms with Crippen molar-refractivity contribution in [3.63, 3.8) is 0 Å². The molecule has 0 unspecified atom stereocenters. The predicted molar refractivity (Wildman–Crippen MR) is 62.4 cm³/mol. The maximum atomic E-state index is 11.6. The van der Waals surface area contributed by atoms with Crippen molar-refractivity contribution in [2.24, 2.45) is 0 Å². The highest BCUT2D eigenvalue weighted by atomic mass is 35.5. The van der Waals surface area contributed by atoms with E-state index in [1.807, 2.05) is 11.9 Å². The van der Waals surface area contributed by atoms with Gasteiger partial charge in [0.25, 0.3) is 0 Å². The van der Waals surface area contributed by atoms with Crippen LogP contribution in [0.1, 0.15) is 19.3 Å². The van der Waals surface area contributed by atoms with Crippen LogP contribution >= 0.6 is 12.4 Å². The van der Waals surface area contributed by atoms with Crippen LogP contribution in [0.2, 0.25) is 0 Å². The molecule has 1 aliphatic heterocycles. The standard InChI is InChI=1S/C10H20N2O2.ClH/c1-12(10(13)5-7-14-2)9-4-3-6-11-8-9;/h9,11H,3-8H2,1-2H3;1H/t9-;/m0./s1. The molecule has 4 nitrogen and oxygen atoms in total. The van der Waals surface area contributed by atoms with Gasteiger partial charge in [-0.3, -0.25) is 4.79 Å². The van der Waals surface area contributed by atoms with Gasteiger partial charge >= 0.3 is 0 Å². The highest BCUT2D eigenvalue weighted by Crippen LogP contribution is 2.09. The van der Waals surface area contributed by atoms with Gasteiger partial charge in [-0.25, -0.2) is 0 Å². The second-order valence-electron chi connectivity index (χ2n) is 3.75. The molecule has 90 valence electrons. The summed E-state index contributed by atoms with van der Waals surface area (Å²) in [5.41, 5.74) is 0. The van der Waals surface area contributed by atoms with Gasteiger partial charge < -0.3 is 15.0 Å². The lowest BCUT2D eigenvalue weighted by atomic mass is 10.1. The van der Waals surface area contributed by atoms with Gasteiger partial charge in [-0.05, 0) is 19.4 Å². The number of nitrogens with one attached hydrogen (secondary N) is 1. The number of methoxy groups -OCH3 is 1. The van der Waals surface area contributed by atoms with Crippen LogP contribution in [0.15, 0.2) is 0 Å². The van der Waals surface area contributed by atoms with E-state index in [0.717, 1.165) is 25.9 Å². The molecular weight excluding hydrogens is 216 g/mol. The average molecular weight is 237 g/mol. The minimum Gasteiger partial charge on any atom is -0.384 e. The summed E-state index contributed by atoms with van der Waals surface area (Å²) in [6.45, 7) is 2.52. The summed E-state index contributed by atoms with van der Waals surface area (Å²) >= 11 is 0. The molecule has 0 radical (unpaired) electrons. The van der Waals surface area contributed by atoms with Crippen LogP contribution in [-0.2, 0) is 9.53 Å². The van der Waals surface area contributed by atoms with E-state index in [1.165, 1.54) is 0 Å². The monoisotopic (exact) mass is 236 g/mol. The average Bonchev–Trinajstić information content (AvgIpc) is 2.26. The number of hydrogen-bond acceptors (Lipinski definition) is 3. The summed E-state index contributed by atoms with van der Waals surface area (Å²) in [4.78, 5) is 13.5. The second-order valence-corrected chi connectivity index (χ2v) is 3.75. The molecule has 0 aliphatic carbocycles. The van der Waals surface area contributed by atoms with Crippen molar-refractivity contribution in [2.45, 2.75) is 25.3 Å². The van der Waals surface area contributed by atoms with Gasteiger partial charge in [0.1, 0.15) is 0 Å². The molecule has 0 aromatic rings. The second kappa shape index (κ2) is 7.91. The summed E-state index contributed by atoms with van der Waals surface area (Å²) in [7, 11) is 3.51. The van der Waals surface area contributed by atoms with Crippen LogP contribution < -0.4 is 5.32 Å². The van der Waals surface area contributed by atoms with Crippen molar-refractivity contribution in [1.29, 1.82) is 0 Å². The lowest BCUT2D eigenvalue weighted by Gasteiger charge is -2.31. The number of hydrogen-bond donors (Lipinski definition) is 1. The van der Waals surface area contributed by atoms with Crippen molar-refractivity contribution < 1.29 is 9.53 Å². The smallest absolute Gasteiger partial charge is 0.224 e. The van der Waals surface area contributed by atoms with Crippen molar-refractivity contribution >= 4 is 18.3 Å². The molecule has 0 aromatic heterocycles. The summed E-state index contributed by atoms with van der Waals surface area (Å²) in [5, 5.41) is 3.30. The Balaban J connectivity index is 0.00000196. The van der Waals surface area contributed by atoms with Crippen LogP contribution in [0.25, 0.3) is 0 Å². The Kier molecular flexibility index (Phi) is 7.74. The first-order valence-electron chi connectivity index (χ1n) is 5.21. The molecule has 1 atom stereocenters. The zero-order valence-electron chi connectivity index (χ0n) is 9.49. The Morgan fingerprint density at radius 3 is 2.87 bits per heavy atom. The molecule has 0 bridgehead atoms. The third-order valence-corrected chi connectivity index (χ3v) is 2.73. The molecule has 0 aromatic carbocycles. The zero-order chi connectivity index (χ0) is 10.4. The van der Waals surface area contributed by atoms with Crippen LogP contribution in [0.4, 0.5) is 0 Å². The number of piperidine rings is 1. The molecule has 1 saturated heterocycles. The summed E-state index contributed by atoms with van der Waals surface area (Å²) in [6.07, 6.45) is 2.76. The van der Waals surface area contributed by atoms with E-state index in [9.17, 15) is 4.79 Å². The van der Waals surface area contributed by atoms with Crippen molar-refractivity contribution in [1.82, 2.24) is 10.2 Å². The molecule has 1 fully saturated rings. The summed E-state index contributed by atoms with van der Waals surface area (Å²) < 4.78 is 4.89. The molecule has 5 heteroatoms. The van der Waals surface area contributed by atoms with E-state index < -0.39 is 0 Å². The Morgan fingerprint density at radius 1 is 1.60 bits per heavy atom. The number of nitrogens with zero attached hydrogens (tertiary/aromatic N) is 1. The molecular formula is C10H21ClN2O2. The first kappa shape index (κ1) is 14.7. The fraction of sp³-hybridized carbons (Fsp3) is 0.900. The van der Waals surface area contributed by atoms with E-state index in [4.69, 9.17) is 4.74 Å². The number of amides is 1. The maximum Gasteiger partial charge on any atom is 0.224 e. The van der Waals surface area contributed by atoms with Gasteiger partial charge in [-0.15, -0.1) is 12.4 Å². The molecule has 1 heterocycles. The minimum atomic E-state index is 0. The molecule has 1 amide bonds. The van der Waals surface area contributed by atoms with E-state index in [0.29, 0.717) is 19.1 Å². The van der Waals surface area contributed by atoms with Crippen molar-refractivity contribution in [3.05, 3.63) is 0 Å². The molecule has 0 spiro atoms. The lowest BCUT2D eigenvalue weighted by Crippen LogP contribution is -2.46. The Bertz CT molecular complexity index is 184. The number of carbonyl (C=O) groups excluding carboxylic acids is 1. The highest BCUT2D eigenvalue weighted by Gasteiger charge is 2.21. The van der Waals surface area contributed by atoms with Gasteiger partial charge in [0.05, 0.1) is 13.0 Å².